The predicted molar refractivity (Wildman–Crippen MR) is 101 cm³/mol. The minimum atomic E-state index is -0.841. The molecule has 9 heteroatoms. The maximum Gasteiger partial charge on any atom is 0.308 e. The van der Waals surface area contributed by atoms with Crippen molar-refractivity contribution in [1.29, 1.82) is 0 Å². The Morgan fingerprint density at radius 3 is 2.78 bits per heavy atom. The van der Waals surface area contributed by atoms with Crippen LogP contribution >= 0.6 is 12.2 Å². The van der Waals surface area contributed by atoms with E-state index in [9.17, 15) is 18.8 Å². The molecule has 2 amide bonds. The standard InChI is InChI=1S/C18H20FN3O4S/c1-2-26-16(24)11-14-17(25)20-9-10-22(14)18(27)21-15(23)8-5-12-3-6-13(19)7-4-12/h3-8,14H,2,9-11H2,1H3,(H,20,25)(H,21,23,27). The number of carbonyl (C=O) groups excluding carboxylic acids is 3. The van der Waals surface area contributed by atoms with E-state index < -0.39 is 17.9 Å². The van der Waals surface area contributed by atoms with Crippen molar-refractivity contribution in [3.63, 3.8) is 0 Å². The van der Waals surface area contributed by atoms with Crippen molar-refractivity contribution in [2.45, 2.75) is 19.4 Å². The second kappa shape index (κ2) is 9.77. The van der Waals surface area contributed by atoms with E-state index in [1.165, 1.54) is 41.3 Å². The first-order valence-electron chi connectivity index (χ1n) is 8.39. The Balaban J connectivity index is 1.98. The van der Waals surface area contributed by atoms with Crippen molar-refractivity contribution in [3.05, 3.63) is 41.7 Å². The van der Waals surface area contributed by atoms with Gasteiger partial charge in [-0.05, 0) is 42.9 Å². The second-order valence-electron chi connectivity index (χ2n) is 5.69. The summed E-state index contributed by atoms with van der Waals surface area (Å²) in [7, 11) is 0. The molecule has 1 unspecified atom stereocenters. The number of amides is 2. The van der Waals surface area contributed by atoms with Gasteiger partial charge in [-0.15, -0.1) is 0 Å². The van der Waals surface area contributed by atoms with E-state index in [0.29, 0.717) is 18.7 Å². The molecule has 1 aliphatic heterocycles. The van der Waals surface area contributed by atoms with Crippen LogP contribution in [0, 0.1) is 5.82 Å². The van der Waals surface area contributed by atoms with E-state index in [4.69, 9.17) is 17.0 Å². The van der Waals surface area contributed by atoms with E-state index in [2.05, 4.69) is 10.6 Å². The predicted octanol–water partition coefficient (Wildman–Crippen LogP) is 0.994. The van der Waals surface area contributed by atoms with Crippen LogP contribution in [0.2, 0.25) is 0 Å². The summed E-state index contributed by atoms with van der Waals surface area (Å²) in [6, 6.07) is 4.79. The third-order valence-corrected chi connectivity index (χ3v) is 4.12. The SMILES string of the molecule is CCOC(=O)CC1C(=O)NCCN1C(=S)NC(=O)C=Cc1ccc(F)cc1. The minimum Gasteiger partial charge on any atom is -0.466 e. The maximum atomic E-state index is 12.9. The van der Waals surface area contributed by atoms with Crippen molar-refractivity contribution in [2.24, 2.45) is 0 Å². The van der Waals surface area contributed by atoms with Crippen LogP contribution in [0.1, 0.15) is 18.9 Å². The van der Waals surface area contributed by atoms with Crippen molar-refractivity contribution in [3.8, 4) is 0 Å². The van der Waals surface area contributed by atoms with Crippen molar-refractivity contribution >= 4 is 41.2 Å². The van der Waals surface area contributed by atoms with E-state index in [-0.39, 0.29) is 29.9 Å². The Morgan fingerprint density at radius 2 is 2.11 bits per heavy atom. The van der Waals surface area contributed by atoms with Crippen LogP contribution in [0.15, 0.2) is 30.3 Å². The van der Waals surface area contributed by atoms with Gasteiger partial charge in [0, 0.05) is 19.2 Å². The number of benzene rings is 1. The summed E-state index contributed by atoms with van der Waals surface area (Å²) in [5.74, 6) is -1.73. The Bertz CT molecular complexity index is 751. The van der Waals surface area contributed by atoms with Gasteiger partial charge >= 0.3 is 5.97 Å². The molecule has 1 fully saturated rings. The fraction of sp³-hybridized carbons (Fsp3) is 0.333. The van der Waals surface area contributed by atoms with E-state index in [0.717, 1.165) is 0 Å². The van der Waals surface area contributed by atoms with Gasteiger partial charge in [0.05, 0.1) is 13.0 Å². The molecule has 1 aromatic rings. The lowest BCUT2D eigenvalue weighted by atomic mass is 10.1. The Kier molecular flexibility index (Phi) is 7.42. The number of ether oxygens (including phenoxy) is 1. The molecule has 1 atom stereocenters. The smallest absolute Gasteiger partial charge is 0.308 e. The summed E-state index contributed by atoms with van der Waals surface area (Å²) in [5.41, 5.74) is 0.648. The molecule has 1 saturated heterocycles. The number of esters is 1. The molecule has 0 aromatic heterocycles. The van der Waals surface area contributed by atoms with Crippen LogP contribution in [0.5, 0.6) is 0 Å². The maximum absolute atomic E-state index is 12.9. The molecule has 2 N–H and O–H groups in total. The zero-order valence-corrected chi connectivity index (χ0v) is 15.6. The van der Waals surface area contributed by atoms with Gasteiger partial charge in [0.1, 0.15) is 11.9 Å². The number of piperazine rings is 1. The number of nitrogens with zero attached hydrogens (tertiary/aromatic N) is 1. The van der Waals surface area contributed by atoms with E-state index in [1.807, 2.05) is 0 Å². The molecular weight excluding hydrogens is 373 g/mol. The lowest BCUT2D eigenvalue weighted by molar-refractivity contribution is -0.147. The quantitative estimate of drug-likeness (QED) is 0.441. The van der Waals surface area contributed by atoms with Crippen LogP contribution in [-0.4, -0.2) is 53.5 Å². The second-order valence-corrected chi connectivity index (χ2v) is 6.08. The number of hydrogen-bond acceptors (Lipinski definition) is 5. The zero-order valence-electron chi connectivity index (χ0n) is 14.7. The van der Waals surface area contributed by atoms with Gasteiger partial charge in [0.2, 0.25) is 11.8 Å². The van der Waals surface area contributed by atoms with Crippen LogP contribution in [0.25, 0.3) is 6.08 Å². The first-order valence-corrected chi connectivity index (χ1v) is 8.80. The number of nitrogens with one attached hydrogen (secondary N) is 2. The molecule has 0 radical (unpaired) electrons. The van der Waals surface area contributed by atoms with Crippen LogP contribution in [0.3, 0.4) is 0 Å². The summed E-state index contributed by atoms with van der Waals surface area (Å²) in [6.45, 7) is 2.59. The molecular formula is C18H20FN3O4S. The molecule has 0 bridgehead atoms. The zero-order chi connectivity index (χ0) is 19.8. The third kappa shape index (κ3) is 6.14. The average Bonchev–Trinajstić information content (AvgIpc) is 2.63. The van der Waals surface area contributed by atoms with E-state index >= 15 is 0 Å². The number of rotatable bonds is 5. The Morgan fingerprint density at radius 1 is 1.41 bits per heavy atom. The van der Waals surface area contributed by atoms with Gasteiger partial charge in [-0.25, -0.2) is 4.39 Å². The number of thiocarbonyl (C=S) groups is 1. The summed E-state index contributed by atoms with van der Waals surface area (Å²) >= 11 is 5.22. The molecule has 0 aliphatic carbocycles. The lowest BCUT2D eigenvalue weighted by Crippen LogP contribution is -2.60. The fourth-order valence-corrected chi connectivity index (χ4v) is 2.82. The van der Waals surface area contributed by atoms with Gasteiger partial charge in [-0.2, -0.15) is 0 Å². The Hall–Kier alpha value is -2.81. The van der Waals surface area contributed by atoms with Gasteiger partial charge in [0.15, 0.2) is 5.11 Å². The van der Waals surface area contributed by atoms with Gasteiger partial charge < -0.3 is 15.0 Å². The average molecular weight is 393 g/mol. The highest BCUT2D eigenvalue weighted by Crippen LogP contribution is 2.11. The molecule has 1 heterocycles. The topological polar surface area (TPSA) is 87.7 Å². The van der Waals surface area contributed by atoms with Gasteiger partial charge in [0.25, 0.3) is 0 Å². The Labute approximate surface area is 161 Å². The summed E-state index contributed by atoms with van der Waals surface area (Å²) in [5, 5.41) is 5.23. The molecule has 2 rings (SSSR count). The number of hydrogen-bond donors (Lipinski definition) is 2. The van der Waals surface area contributed by atoms with E-state index in [1.54, 1.807) is 6.92 Å². The monoisotopic (exact) mass is 393 g/mol. The first kappa shape index (κ1) is 20.5. The van der Waals surface area contributed by atoms with Gasteiger partial charge in [-0.1, -0.05) is 12.1 Å². The summed E-state index contributed by atoms with van der Waals surface area (Å²) in [6.07, 6.45) is 2.60. The highest BCUT2D eigenvalue weighted by Gasteiger charge is 2.33. The lowest BCUT2D eigenvalue weighted by Gasteiger charge is -2.36. The molecule has 1 aliphatic rings. The van der Waals surface area contributed by atoms with Crippen molar-refractivity contribution in [2.75, 3.05) is 19.7 Å². The molecule has 27 heavy (non-hydrogen) atoms. The molecule has 144 valence electrons. The highest BCUT2D eigenvalue weighted by atomic mass is 32.1. The number of halogens is 1. The van der Waals surface area contributed by atoms with Gasteiger partial charge in [-0.3, -0.25) is 19.7 Å². The van der Waals surface area contributed by atoms with Crippen LogP contribution in [-0.2, 0) is 19.1 Å². The molecule has 1 aromatic carbocycles. The largest absolute Gasteiger partial charge is 0.466 e. The summed E-state index contributed by atoms with van der Waals surface area (Å²) < 4.78 is 17.8. The number of carbonyl (C=O) groups is 3. The van der Waals surface area contributed by atoms with Crippen LogP contribution in [0.4, 0.5) is 4.39 Å². The highest BCUT2D eigenvalue weighted by molar-refractivity contribution is 7.80. The normalized spacial score (nSPS) is 16.7. The fourth-order valence-electron chi connectivity index (χ4n) is 2.50. The molecule has 0 spiro atoms. The van der Waals surface area contributed by atoms with Crippen molar-refractivity contribution in [1.82, 2.24) is 15.5 Å². The molecule has 7 nitrogen and oxygen atoms in total. The third-order valence-electron chi connectivity index (χ3n) is 3.78. The molecule has 0 saturated carbocycles. The van der Waals surface area contributed by atoms with Crippen LogP contribution < -0.4 is 10.6 Å². The first-order chi connectivity index (χ1) is 12.9. The van der Waals surface area contributed by atoms with Crippen molar-refractivity contribution < 1.29 is 23.5 Å². The summed E-state index contributed by atoms with van der Waals surface area (Å²) in [4.78, 5) is 37.4. The minimum absolute atomic E-state index is 0.0490.